The van der Waals surface area contributed by atoms with Gasteiger partial charge < -0.3 is 14.8 Å². The summed E-state index contributed by atoms with van der Waals surface area (Å²) in [5.41, 5.74) is 1.14. The molecular formula is C24H23Cl3N2O5S. The van der Waals surface area contributed by atoms with Gasteiger partial charge in [-0.25, -0.2) is 8.42 Å². The molecule has 0 fully saturated rings. The number of ether oxygens (including phenoxy) is 2. The van der Waals surface area contributed by atoms with E-state index in [0.717, 1.165) is 9.87 Å². The van der Waals surface area contributed by atoms with Crippen molar-refractivity contribution >= 4 is 50.7 Å². The van der Waals surface area contributed by atoms with Crippen LogP contribution in [0.1, 0.15) is 11.1 Å². The third-order valence-electron chi connectivity index (χ3n) is 5.11. The molecule has 1 amide bonds. The molecule has 1 N–H and O–H groups in total. The SMILES string of the molecule is COc1ccc(CNC(=O)CN(Cc2c(Cl)cccc2Cl)S(=O)(=O)c2ccc(Cl)cc2)cc1OC. The Labute approximate surface area is 219 Å². The highest BCUT2D eigenvalue weighted by atomic mass is 35.5. The number of sulfonamides is 1. The fraction of sp³-hybridized carbons (Fsp3) is 0.208. The monoisotopic (exact) mass is 556 g/mol. The minimum absolute atomic E-state index is 0.0160. The van der Waals surface area contributed by atoms with Gasteiger partial charge in [-0.2, -0.15) is 4.31 Å². The van der Waals surface area contributed by atoms with Crippen LogP contribution in [-0.2, 0) is 27.9 Å². The number of carbonyl (C=O) groups excluding carboxylic acids is 1. The molecule has 35 heavy (non-hydrogen) atoms. The predicted molar refractivity (Wildman–Crippen MR) is 137 cm³/mol. The minimum atomic E-state index is -4.09. The molecule has 0 heterocycles. The second-order valence-electron chi connectivity index (χ2n) is 7.39. The van der Waals surface area contributed by atoms with E-state index in [1.54, 1.807) is 36.4 Å². The van der Waals surface area contributed by atoms with Crippen LogP contribution in [0.15, 0.2) is 65.6 Å². The summed E-state index contributed by atoms with van der Waals surface area (Å²) in [6.45, 7) is -0.506. The van der Waals surface area contributed by atoms with Crippen molar-refractivity contribution in [1.29, 1.82) is 0 Å². The van der Waals surface area contributed by atoms with Gasteiger partial charge in [0, 0.05) is 33.7 Å². The molecule has 186 valence electrons. The molecule has 3 aromatic carbocycles. The zero-order chi connectivity index (χ0) is 25.6. The van der Waals surface area contributed by atoms with Crippen LogP contribution < -0.4 is 14.8 Å². The summed E-state index contributed by atoms with van der Waals surface area (Å²) in [6.07, 6.45) is 0. The first-order chi connectivity index (χ1) is 16.6. The van der Waals surface area contributed by atoms with Crippen LogP contribution in [0, 0.1) is 0 Å². The molecule has 0 saturated heterocycles. The first-order valence-electron chi connectivity index (χ1n) is 10.3. The zero-order valence-corrected chi connectivity index (χ0v) is 22.0. The van der Waals surface area contributed by atoms with Gasteiger partial charge in [0.15, 0.2) is 11.5 Å². The zero-order valence-electron chi connectivity index (χ0n) is 18.9. The van der Waals surface area contributed by atoms with Gasteiger partial charge in [-0.1, -0.05) is 46.9 Å². The number of rotatable bonds is 10. The van der Waals surface area contributed by atoms with E-state index in [0.29, 0.717) is 32.1 Å². The van der Waals surface area contributed by atoms with E-state index in [4.69, 9.17) is 44.3 Å². The lowest BCUT2D eigenvalue weighted by Gasteiger charge is -2.23. The molecule has 0 aliphatic carbocycles. The molecular weight excluding hydrogens is 535 g/mol. The Bertz CT molecular complexity index is 1280. The van der Waals surface area contributed by atoms with Crippen molar-refractivity contribution < 1.29 is 22.7 Å². The minimum Gasteiger partial charge on any atom is -0.493 e. The van der Waals surface area contributed by atoms with Crippen LogP contribution in [0.2, 0.25) is 15.1 Å². The van der Waals surface area contributed by atoms with Gasteiger partial charge in [0.25, 0.3) is 0 Å². The summed E-state index contributed by atoms with van der Waals surface area (Å²) in [4.78, 5) is 12.8. The molecule has 3 rings (SSSR count). The number of nitrogens with zero attached hydrogens (tertiary/aromatic N) is 1. The molecule has 0 saturated carbocycles. The lowest BCUT2D eigenvalue weighted by atomic mass is 10.2. The Morgan fingerprint density at radius 3 is 2.14 bits per heavy atom. The number of amides is 1. The first kappa shape index (κ1) is 27.1. The quantitative estimate of drug-likeness (QED) is 0.372. The van der Waals surface area contributed by atoms with Crippen LogP contribution in [0.4, 0.5) is 0 Å². The van der Waals surface area contributed by atoms with Crippen LogP contribution in [-0.4, -0.2) is 39.4 Å². The lowest BCUT2D eigenvalue weighted by Crippen LogP contribution is -2.40. The van der Waals surface area contributed by atoms with E-state index in [9.17, 15) is 13.2 Å². The lowest BCUT2D eigenvalue weighted by molar-refractivity contribution is -0.121. The highest BCUT2D eigenvalue weighted by molar-refractivity contribution is 7.89. The van der Waals surface area contributed by atoms with Gasteiger partial charge in [-0.15, -0.1) is 0 Å². The number of methoxy groups -OCH3 is 2. The van der Waals surface area contributed by atoms with Gasteiger partial charge in [0.1, 0.15) is 0 Å². The fourth-order valence-corrected chi connectivity index (χ4v) is 5.26. The summed E-state index contributed by atoms with van der Waals surface area (Å²) in [6, 6.07) is 15.8. The molecule has 0 aliphatic rings. The van der Waals surface area contributed by atoms with Crippen LogP contribution in [0.3, 0.4) is 0 Å². The summed E-state index contributed by atoms with van der Waals surface area (Å²) in [5, 5.41) is 3.71. The van der Waals surface area contributed by atoms with Gasteiger partial charge in [-0.05, 0) is 54.1 Å². The highest BCUT2D eigenvalue weighted by Crippen LogP contribution is 2.29. The number of hydrogen-bond donors (Lipinski definition) is 1. The summed E-state index contributed by atoms with van der Waals surface area (Å²) in [5.74, 6) is 0.555. The van der Waals surface area contributed by atoms with Gasteiger partial charge in [-0.3, -0.25) is 4.79 Å². The third kappa shape index (κ3) is 6.80. The second kappa shape index (κ2) is 12.0. The average Bonchev–Trinajstić information content (AvgIpc) is 2.84. The molecule has 0 unspecified atom stereocenters. The van der Waals surface area contributed by atoms with Gasteiger partial charge >= 0.3 is 0 Å². The standard InChI is InChI=1S/C24H23Cl3N2O5S/c1-33-22-11-6-16(12-23(22)34-2)13-28-24(30)15-29(14-19-20(26)4-3-5-21(19)27)35(31,32)18-9-7-17(25)8-10-18/h3-12H,13-15H2,1-2H3,(H,28,30). The normalized spacial score (nSPS) is 11.4. The first-order valence-corrected chi connectivity index (χ1v) is 12.9. The van der Waals surface area contributed by atoms with Crippen molar-refractivity contribution in [3.8, 4) is 11.5 Å². The Morgan fingerprint density at radius 2 is 1.54 bits per heavy atom. The largest absolute Gasteiger partial charge is 0.493 e. The molecule has 0 radical (unpaired) electrons. The number of benzene rings is 3. The van der Waals surface area contributed by atoms with Crippen molar-refractivity contribution in [2.24, 2.45) is 0 Å². The predicted octanol–water partition coefficient (Wildman–Crippen LogP) is 5.17. The summed E-state index contributed by atoms with van der Waals surface area (Å²) >= 11 is 18.5. The molecule has 3 aromatic rings. The number of nitrogens with one attached hydrogen (secondary N) is 1. The molecule has 7 nitrogen and oxygen atoms in total. The van der Waals surface area contributed by atoms with E-state index in [2.05, 4.69) is 5.32 Å². The van der Waals surface area contributed by atoms with E-state index in [1.807, 2.05) is 0 Å². The fourth-order valence-electron chi connectivity index (χ4n) is 3.25. The van der Waals surface area contributed by atoms with Crippen LogP contribution in [0.5, 0.6) is 11.5 Å². The topological polar surface area (TPSA) is 84.9 Å². The van der Waals surface area contributed by atoms with E-state index >= 15 is 0 Å². The van der Waals surface area contributed by atoms with Gasteiger partial charge in [0.2, 0.25) is 15.9 Å². The highest BCUT2D eigenvalue weighted by Gasteiger charge is 2.28. The Hall–Kier alpha value is -2.49. The molecule has 11 heteroatoms. The molecule has 0 atom stereocenters. The third-order valence-corrected chi connectivity index (χ3v) is 7.87. The van der Waals surface area contributed by atoms with Crippen LogP contribution in [0.25, 0.3) is 0 Å². The van der Waals surface area contributed by atoms with E-state index < -0.39 is 22.5 Å². The number of hydrogen-bond acceptors (Lipinski definition) is 5. The van der Waals surface area contributed by atoms with Crippen molar-refractivity contribution in [2.45, 2.75) is 18.0 Å². The summed E-state index contributed by atoms with van der Waals surface area (Å²) < 4.78 is 38.4. The van der Waals surface area contributed by atoms with Crippen molar-refractivity contribution in [2.75, 3.05) is 20.8 Å². The number of halogens is 3. The van der Waals surface area contributed by atoms with E-state index in [-0.39, 0.29) is 18.0 Å². The smallest absolute Gasteiger partial charge is 0.243 e. The molecule has 0 aromatic heterocycles. The van der Waals surface area contributed by atoms with Crippen molar-refractivity contribution in [3.63, 3.8) is 0 Å². The molecule has 0 bridgehead atoms. The molecule has 0 aliphatic heterocycles. The maximum atomic E-state index is 13.4. The average molecular weight is 558 g/mol. The van der Waals surface area contributed by atoms with Gasteiger partial charge in [0.05, 0.1) is 25.7 Å². The maximum absolute atomic E-state index is 13.4. The summed E-state index contributed by atoms with van der Waals surface area (Å²) in [7, 11) is -1.05. The second-order valence-corrected chi connectivity index (χ2v) is 10.6. The van der Waals surface area contributed by atoms with Crippen molar-refractivity contribution in [3.05, 3.63) is 86.9 Å². The molecule has 0 spiro atoms. The van der Waals surface area contributed by atoms with Crippen molar-refractivity contribution in [1.82, 2.24) is 9.62 Å². The Kier molecular flexibility index (Phi) is 9.27. The Morgan fingerprint density at radius 1 is 0.914 bits per heavy atom. The van der Waals surface area contributed by atoms with E-state index in [1.165, 1.54) is 38.5 Å². The van der Waals surface area contributed by atoms with Crippen LogP contribution >= 0.6 is 34.8 Å². The Balaban J connectivity index is 1.83. The maximum Gasteiger partial charge on any atom is 0.243 e. The number of carbonyl (C=O) groups is 1.